The number of ether oxygens (including phenoxy) is 3. The lowest BCUT2D eigenvalue weighted by Gasteiger charge is -2.24. The van der Waals surface area contributed by atoms with Crippen molar-refractivity contribution in [1.82, 2.24) is 34.3 Å². The number of aryl methyl sites for hydroxylation is 1. The summed E-state index contributed by atoms with van der Waals surface area (Å²) in [6.07, 6.45) is 1.39. The van der Waals surface area contributed by atoms with Gasteiger partial charge < -0.3 is 19.5 Å². The van der Waals surface area contributed by atoms with Crippen molar-refractivity contribution in [3.05, 3.63) is 95.6 Å². The number of nitrogens with one attached hydrogen (secondary N) is 1. The molecule has 0 bridgehead atoms. The predicted octanol–water partition coefficient (Wildman–Crippen LogP) is 5.13. The second-order valence-corrected chi connectivity index (χ2v) is 11.2. The molecule has 0 amide bonds. The third-order valence-electron chi connectivity index (χ3n) is 7.71. The number of benzene rings is 2. The normalized spacial score (nSPS) is 23.1. The fraction of sp³-hybridized carbons (Fsp3) is 0.367. The Bertz CT molecular complexity index is 1650. The molecule has 7 rings (SSSR count). The first-order valence-electron chi connectivity index (χ1n) is 14.0. The number of nitrogens with zero attached hydrogens (tertiary/aromatic N) is 7. The molecule has 5 aromatic rings. The molecule has 2 aromatic carbocycles. The van der Waals surface area contributed by atoms with Crippen LogP contribution in [0.5, 0.6) is 0 Å². The van der Waals surface area contributed by atoms with E-state index in [2.05, 4.69) is 49.6 Å². The van der Waals surface area contributed by atoms with Gasteiger partial charge in [0.1, 0.15) is 18.5 Å². The van der Waals surface area contributed by atoms with E-state index in [0.717, 1.165) is 0 Å². The van der Waals surface area contributed by atoms with Crippen molar-refractivity contribution in [2.45, 2.75) is 63.6 Å². The monoisotopic (exact) mass is 586 g/mol. The Hall–Kier alpha value is -3.90. The van der Waals surface area contributed by atoms with Gasteiger partial charge in [-0.25, -0.2) is 9.97 Å². The molecule has 2 aliphatic rings. The lowest BCUT2D eigenvalue weighted by molar-refractivity contribution is -0.198. The van der Waals surface area contributed by atoms with Gasteiger partial charge in [0.25, 0.3) is 0 Å². The molecule has 12 heteroatoms. The molecule has 42 heavy (non-hydrogen) atoms. The third kappa shape index (κ3) is 4.92. The number of hydrogen-bond donors (Lipinski definition) is 1. The fourth-order valence-electron chi connectivity index (χ4n) is 5.80. The first-order valence-corrected chi connectivity index (χ1v) is 14.4. The lowest BCUT2D eigenvalue weighted by atomic mass is 9.91. The molecule has 1 N–H and O–H groups in total. The number of aromatic nitrogens is 7. The van der Waals surface area contributed by atoms with Crippen molar-refractivity contribution in [3.63, 3.8) is 0 Å². The maximum atomic E-state index is 6.52. The van der Waals surface area contributed by atoms with E-state index in [1.807, 2.05) is 61.7 Å². The first kappa shape index (κ1) is 27.0. The number of hydrogen-bond acceptors (Lipinski definition) is 9. The van der Waals surface area contributed by atoms with Gasteiger partial charge in [0.05, 0.1) is 6.33 Å². The van der Waals surface area contributed by atoms with E-state index in [1.165, 1.54) is 11.1 Å². The summed E-state index contributed by atoms with van der Waals surface area (Å²) in [4.78, 5) is 18.2. The summed E-state index contributed by atoms with van der Waals surface area (Å²) in [5, 5.41) is 8.18. The predicted molar refractivity (Wildman–Crippen MR) is 156 cm³/mol. The van der Waals surface area contributed by atoms with Crippen molar-refractivity contribution >= 4 is 28.6 Å². The number of halogens is 1. The number of rotatable bonds is 8. The van der Waals surface area contributed by atoms with Gasteiger partial charge in [0, 0.05) is 19.0 Å². The number of fused-ring (bicyclic) bond motifs is 2. The average molecular weight is 587 g/mol. The summed E-state index contributed by atoms with van der Waals surface area (Å²) < 4.78 is 22.7. The Balaban J connectivity index is 1.21. The van der Waals surface area contributed by atoms with Crippen LogP contribution in [0, 0.1) is 0 Å². The standard InChI is InChI=1S/C30H31ClN8O3/c1-4-38-16-34-26(37-38)23-22-24(42-30(2,3)41-22)28(40-23)39-17-33-21-25(35-29(31)36-27(21)39)32-15-20(18-11-7-5-8-12-18)19-13-9-6-10-14-19/h5-14,16-17,20,22-24,28H,4,15H2,1-3H3,(H,32,35,36)/t22-,23?,24-,28?/m1/s1. The topological polar surface area (TPSA) is 114 Å². The summed E-state index contributed by atoms with van der Waals surface area (Å²) in [5.41, 5.74) is 3.48. The van der Waals surface area contributed by atoms with E-state index >= 15 is 0 Å². The molecular weight excluding hydrogens is 556 g/mol. The van der Waals surface area contributed by atoms with Gasteiger partial charge in [-0.3, -0.25) is 9.25 Å². The smallest absolute Gasteiger partial charge is 0.226 e. The minimum atomic E-state index is -0.803. The van der Waals surface area contributed by atoms with Gasteiger partial charge >= 0.3 is 0 Å². The molecule has 5 heterocycles. The Kier molecular flexibility index (Phi) is 6.89. The van der Waals surface area contributed by atoms with Crippen molar-refractivity contribution in [1.29, 1.82) is 0 Å². The minimum absolute atomic E-state index is 0.0830. The second-order valence-electron chi connectivity index (χ2n) is 10.9. The summed E-state index contributed by atoms with van der Waals surface area (Å²) in [7, 11) is 0. The molecule has 11 nitrogen and oxygen atoms in total. The molecule has 0 aliphatic carbocycles. The third-order valence-corrected chi connectivity index (χ3v) is 7.88. The molecule has 0 spiro atoms. The largest absolute Gasteiger partial charge is 0.367 e. The number of imidazole rings is 1. The van der Waals surface area contributed by atoms with Crippen LogP contribution in [0.1, 0.15) is 56.0 Å². The molecule has 4 atom stereocenters. The van der Waals surface area contributed by atoms with Gasteiger partial charge in [-0.05, 0) is 43.5 Å². The first-order chi connectivity index (χ1) is 20.4. The van der Waals surface area contributed by atoms with Gasteiger partial charge in [0.15, 0.2) is 40.9 Å². The van der Waals surface area contributed by atoms with Crippen molar-refractivity contribution in [2.75, 3.05) is 11.9 Å². The highest BCUT2D eigenvalue weighted by Gasteiger charge is 2.57. The highest BCUT2D eigenvalue weighted by Crippen LogP contribution is 2.49. The van der Waals surface area contributed by atoms with Crippen LogP contribution >= 0.6 is 11.6 Å². The summed E-state index contributed by atoms with van der Waals surface area (Å²) in [6, 6.07) is 20.8. The van der Waals surface area contributed by atoms with E-state index in [4.69, 9.17) is 30.8 Å². The Morgan fingerprint density at radius 2 is 1.62 bits per heavy atom. The maximum absolute atomic E-state index is 6.52. The van der Waals surface area contributed by atoms with Crippen LogP contribution in [0.25, 0.3) is 11.2 Å². The highest BCUT2D eigenvalue weighted by molar-refractivity contribution is 6.28. The van der Waals surface area contributed by atoms with Crippen molar-refractivity contribution in [3.8, 4) is 0 Å². The van der Waals surface area contributed by atoms with E-state index < -0.39 is 30.3 Å². The Labute approximate surface area is 247 Å². The molecule has 3 aromatic heterocycles. The molecule has 2 aliphatic heterocycles. The van der Waals surface area contributed by atoms with Gasteiger partial charge in [0.2, 0.25) is 5.28 Å². The maximum Gasteiger partial charge on any atom is 0.226 e. The van der Waals surface area contributed by atoms with Crippen LogP contribution < -0.4 is 5.32 Å². The van der Waals surface area contributed by atoms with Crippen LogP contribution in [-0.4, -0.2) is 58.8 Å². The van der Waals surface area contributed by atoms with E-state index in [-0.39, 0.29) is 11.2 Å². The van der Waals surface area contributed by atoms with E-state index in [0.29, 0.717) is 35.9 Å². The zero-order valence-corrected chi connectivity index (χ0v) is 24.2. The van der Waals surface area contributed by atoms with Gasteiger partial charge in [-0.2, -0.15) is 15.1 Å². The second kappa shape index (κ2) is 10.7. The van der Waals surface area contributed by atoms with Crippen LogP contribution in [0.3, 0.4) is 0 Å². The molecule has 0 saturated carbocycles. The SMILES string of the molecule is CCn1cnc(C2OC(n3cnc4c(NCC(c5ccccc5)c5ccccc5)nc(Cl)nc43)[C@@H]3OC(C)(C)O[C@H]23)n1. The lowest BCUT2D eigenvalue weighted by Crippen LogP contribution is -2.27. The highest BCUT2D eigenvalue weighted by atomic mass is 35.5. The zero-order valence-electron chi connectivity index (χ0n) is 23.5. The van der Waals surface area contributed by atoms with Crippen LogP contribution in [0.4, 0.5) is 5.82 Å². The van der Waals surface area contributed by atoms with Crippen molar-refractivity contribution < 1.29 is 14.2 Å². The van der Waals surface area contributed by atoms with E-state index in [1.54, 1.807) is 17.3 Å². The summed E-state index contributed by atoms with van der Waals surface area (Å²) in [5.74, 6) is 0.365. The quantitative estimate of drug-likeness (QED) is 0.247. The van der Waals surface area contributed by atoms with E-state index in [9.17, 15) is 0 Å². The van der Waals surface area contributed by atoms with Crippen LogP contribution in [0.15, 0.2) is 73.3 Å². The number of anilines is 1. The zero-order chi connectivity index (χ0) is 28.8. The summed E-state index contributed by atoms with van der Waals surface area (Å²) in [6.45, 7) is 7.06. The molecule has 0 radical (unpaired) electrons. The molecule has 2 unspecified atom stereocenters. The average Bonchev–Trinajstić information content (AvgIpc) is 3.77. The molecule has 216 valence electrons. The van der Waals surface area contributed by atoms with Gasteiger partial charge in [-0.1, -0.05) is 60.7 Å². The molecule has 2 fully saturated rings. The summed E-state index contributed by atoms with van der Waals surface area (Å²) >= 11 is 6.49. The Morgan fingerprint density at radius 3 is 2.29 bits per heavy atom. The van der Waals surface area contributed by atoms with Crippen molar-refractivity contribution in [2.24, 2.45) is 0 Å². The minimum Gasteiger partial charge on any atom is -0.367 e. The van der Waals surface area contributed by atoms with Crippen LogP contribution in [-0.2, 0) is 20.8 Å². The fourth-order valence-corrected chi connectivity index (χ4v) is 5.96. The van der Waals surface area contributed by atoms with Gasteiger partial charge in [-0.15, -0.1) is 0 Å². The van der Waals surface area contributed by atoms with Crippen LogP contribution in [0.2, 0.25) is 5.28 Å². The Morgan fingerprint density at radius 1 is 0.929 bits per heavy atom. The molecule has 2 saturated heterocycles. The molecular formula is C30H31ClN8O3.